The number of amides is 1. The molecule has 0 radical (unpaired) electrons. The van der Waals surface area contributed by atoms with Crippen molar-refractivity contribution in [3.05, 3.63) is 17.0 Å². The van der Waals surface area contributed by atoms with E-state index in [0.717, 1.165) is 24.5 Å². The van der Waals surface area contributed by atoms with Gasteiger partial charge in [-0.25, -0.2) is 0 Å². The Labute approximate surface area is 132 Å². The number of hydrogen-bond donors (Lipinski definition) is 1. The van der Waals surface area contributed by atoms with Gasteiger partial charge in [-0.15, -0.1) is 0 Å². The van der Waals surface area contributed by atoms with Crippen molar-refractivity contribution >= 4 is 5.91 Å². The minimum Gasteiger partial charge on any atom is -0.374 e. The van der Waals surface area contributed by atoms with Crippen LogP contribution in [0.1, 0.15) is 55.5 Å². The molecule has 0 spiro atoms. The Balaban J connectivity index is 1.59. The molecule has 5 nitrogen and oxygen atoms in total. The van der Waals surface area contributed by atoms with Crippen LogP contribution >= 0.6 is 0 Å². The van der Waals surface area contributed by atoms with Crippen LogP contribution in [0, 0.1) is 19.8 Å². The fraction of sp³-hybridized carbons (Fsp3) is 0.765. The van der Waals surface area contributed by atoms with Gasteiger partial charge in [0.15, 0.2) is 0 Å². The maximum Gasteiger partial charge on any atom is 0.223 e. The highest BCUT2D eigenvalue weighted by atomic mass is 16.5. The van der Waals surface area contributed by atoms with Crippen molar-refractivity contribution in [3.63, 3.8) is 0 Å². The average molecular weight is 305 g/mol. The van der Waals surface area contributed by atoms with Crippen LogP contribution in [0.5, 0.6) is 0 Å². The van der Waals surface area contributed by atoms with E-state index in [0.29, 0.717) is 18.9 Å². The number of aromatic amines is 1. The topological polar surface area (TPSA) is 58.2 Å². The van der Waals surface area contributed by atoms with Gasteiger partial charge >= 0.3 is 0 Å². The summed E-state index contributed by atoms with van der Waals surface area (Å²) in [5.74, 6) is 1.13. The molecule has 2 unspecified atom stereocenters. The predicted molar refractivity (Wildman–Crippen MR) is 84.8 cm³/mol. The molecule has 1 aliphatic heterocycles. The first kappa shape index (κ1) is 15.5. The summed E-state index contributed by atoms with van der Waals surface area (Å²) in [6, 6.07) is 0. The normalized spacial score (nSPS) is 24.1. The molecular formula is C17H27N3O2. The van der Waals surface area contributed by atoms with Gasteiger partial charge in [-0.3, -0.25) is 9.89 Å². The largest absolute Gasteiger partial charge is 0.374 e. The van der Waals surface area contributed by atoms with Gasteiger partial charge in [0.05, 0.1) is 18.4 Å². The lowest BCUT2D eigenvalue weighted by atomic mass is 9.80. The third-order valence-corrected chi connectivity index (χ3v) is 5.28. The number of nitrogens with zero attached hydrogens (tertiary/aromatic N) is 2. The first-order valence-electron chi connectivity index (χ1n) is 8.47. The minimum absolute atomic E-state index is 0.205. The van der Waals surface area contributed by atoms with E-state index in [9.17, 15) is 4.79 Å². The monoisotopic (exact) mass is 305 g/mol. The number of aryl methyl sites for hydroxylation is 2. The van der Waals surface area contributed by atoms with Gasteiger partial charge in [0.2, 0.25) is 5.91 Å². The fourth-order valence-electron chi connectivity index (χ4n) is 3.78. The lowest BCUT2D eigenvalue weighted by Gasteiger charge is -2.40. The summed E-state index contributed by atoms with van der Waals surface area (Å²) in [7, 11) is 0. The average Bonchev–Trinajstić information content (AvgIpc) is 2.76. The van der Waals surface area contributed by atoms with Gasteiger partial charge < -0.3 is 9.64 Å². The summed E-state index contributed by atoms with van der Waals surface area (Å²) >= 11 is 0. The Bertz CT molecular complexity index is 517. The standard InChI is InChI=1S/C17H27N3O2/c1-11(17-12(2)18-19-13(17)3)9-16(21)20-7-8-22-15(10-20)14-5-4-6-14/h11,14-15H,4-10H2,1-3H3,(H,18,19). The highest BCUT2D eigenvalue weighted by Gasteiger charge is 2.33. The molecule has 1 saturated carbocycles. The minimum atomic E-state index is 0.205. The molecule has 1 aromatic rings. The fourth-order valence-corrected chi connectivity index (χ4v) is 3.78. The lowest BCUT2D eigenvalue weighted by Crippen LogP contribution is -2.49. The predicted octanol–water partition coefficient (Wildman–Crippen LogP) is 2.55. The van der Waals surface area contributed by atoms with Gasteiger partial charge in [0.25, 0.3) is 0 Å². The van der Waals surface area contributed by atoms with Crippen molar-refractivity contribution in [2.45, 2.75) is 58.5 Å². The molecule has 1 saturated heterocycles. The molecule has 5 heteroatoms. The third kappa shape index (κ3) is 3.05. The molecule has 2 heterocycles. The zero-order chi connectivity index (χ0) is 15.7. The summed E-state index contributed by atoms with van der Waals surface area (Å²) in [6.07, 6.45) is 4.65. The summed E-state index contributed by atoms with van der Waals surface area (Å²) in [5.41, 5.74) is 3.27. The molecular weight excluding hydrogens is 278 g/mol. The smallest absolute Gasteiger partial charge is 0.223 e. The zero-order valence-electron chi connectivity index (χ0n) is 13.9. The number of carbonyl (C=O) groups is 1. The van der Waals surface area contributed by atoms with Crippen molar-refractivity contribution < 1.29 is 9.53 Å². The number of nitrogens with one attached hydrogen (secondary N) is 1. The van der Waals surface area contributed by atoms with Crippen LogP contribution in [0.2, 0.25) is 0 Å². The van der Waals surface area contributed by atoms with Crippen LogP contribution in [0.4, 0.5) is 0 Å². The van der Waals surface area contributed by atoms with E-state index in [2.05, 4.69) is 17.1 Å². The van der Waals surface area contributed by atoms with Crippen molar-refractivity contribution in [1.29, 1.82) is 0 Å². The van der Waals surface area contributed by atoms with E-state index >= 15 is 0 Å². The third-order valence-electron chi connectivity index (χ3n) is 5.28. The number of carbonyl (C=O) groups excluding carboxylic acids is 1. The van der Waals surface area contributed by atoms with Crippen molar-refractivity contribution in [3.8, 4) is 0 Å². The molecule has 3 rings (SSSR count). The van der Waals surface area contributed by atoms with Crippen LogP contribution in [-0.2, 0) is 9.53 Å². The first-order chi connectivity index (χ1) is 10.6. The molecule has 0 aromatic carbocycles. The number of morpholine rings is 1. The number of rotatable bonds is 4. The summed E-state index contributed by atoms with van der Waals surface area (Å²) in [4.78, 5) is 14.6. The van der Waals surface area contributed by atoms with Gasteiger partial charge in [-0.2, -0.15) is 5.10 Å². The maximum absolute atomic E-state index is 12.6. The second-order valence-corrected chi connectivity index (χ2v) is 6.89. The van der Waals surface area contributed by atoms with Crippen LogP contribution < -0.4 is 0 Å². The van der Waals surface area contributed by atoms with Gasteiger partial charge in [-0.1, -0.05) is 13.3 Å². The number of hydrogen-bond acceptors (Lipinski definition) is 3. The highest BCUT2D eigenvalue weighted by molar-refractivity contribution is 5.77. The van der Waals surface area contributed by atoms with Crippen LogP contribution in [0.3, 0.4) is 0 Å². The number of H-pyrrole nitrogens is 1. The molecule has 2 fully saturated rings. The Hall–Kier alpha value is -1.36. The van der Waals surface area contributed by atoms with Crippen molar-refractivity contribution in [2.24, 2.45) is 5.92 Å². The van der Waals surface area contributed by atoms with Crippen LogP contribution in [0.15, 0.2) is 0 Å². The van der Waals surface area contributed by atoms with Crippen molar-refractivity contribution in [1.82, 2.24) is 15.1 Å². The summed E-state index contributed by atoms with van der Waals surface area (Å²) in [5, 5.41) is 7.25. The summed E-state index contributed by atoms with van der Waals surface area (Å²) < 4.78 is 5.87. The SMILES string of the molecule is Cc1n[nH]c(C)c1C(C)CC(=O)N1CCOC(C2CCC2)C1. The van der Waals surface area contributed by atoms with E-state index in [-0.39, 0.29) is 17.9 Å². The van der Waals surface area contributed by atoms with E-state index in [1.165, 1.54) is 24.8 Å². The molecule has 122 valence electrons. The summed E-state index contributed by atoms with van der Waals surface area (Å²) in [6.45, 7) is 8.34. The van der Waals surface area contributed by atoms with Gasteiger partial charge in [0.1, 0.15) is 0 Å². The van der Waals surface area contributed by atoms with E-state index < -0.39 is 0 Å². The van der Waals surface area contributed by atoms with Crippen LogP contribution in [-0.4, -0.2) is 46.8 Å². The molecule has 0 bridgehead atoms. The Morgan fingerprint density at radius 3 is 2.82 bits per heavy atom. The second-order valence-electron chi connectivity index (χ2n) is 6.89. The molecule has 1 aliphatic carbocycles. The molecule has 1 N–H and O–H groups in total. The lowest BCUT2D eigenvalue weighted by molar-refractivity contribution is -0.143. The molecule has 1 aromatic heterocycles. The molecule has 2 atom stereocenters. The molecule has 2 aliphatic rings. The second kappa shape index (κ2) is 6.41. The van der Waals surface area contributed by atoms with Crippen molar-refractivity contribution in [2.75, 3.05) is 19.7 Å². The Morgan fingerprint density at radius 1 is 1.45 bits per heavy atom. The molecule has 1 amide bonds. The number of ether oxygens (including phenoxy) is 1. The van der Waals surface area contributed by atoms with Crippen LogP contribution in [0.25, 0.3) is 0 Å². The number of aromatic nitrogens is 2. The highest BCUT2D eigenvalue weighted by Crippen LogP contribution is 2.33. The van der Waals surface area contributed by atoms with E-state index in [1.54, 1.807) is 0 Å². The zero-order valence-corrected chi connectivity index (χ0v) is 13.9. The van der Waals surface area contributed by atoms with E-state index in [4.69, 9.17) is 4.74 Å². The Morgan fingerprint density at radius 2 is 2.23 bits per heavy atom. The Kier molecular flexibility index (Phi) is 4.52. The first-order valence-corrected chi connectivity index (χ1v) is 8.47. The van der Waals surface area contributed by atoms with Gasteiger partial charge in [-0.05, 0) is 44.1 Å². The molecule has 22 heavy (non-hydrogen) atoms. The quantitative estimate of drug-likeness (QED) is 0.930. The van der Waals surface area contributed by atoms with Gasteiger partial charge in [0, 0.05) is 25.2 Å². The van der Waals surface area contributed by atoms with E-state index in [1.807, 2.05) is 18.7 Å². The maximum atomic E-state index is 12.6.